The van der Waals surface area contributed by atoms with Gasteiger partial charge in [-0.15, -0.1) is 0 Å². The zero-order valence-electron chi connectivity index (χ0n) is 75.0. The number of unbranched alkanes of at least 4 members (excludes halogenated alkanes) is 54. The maximum absolute atomic E-state index is 15.1. The van der Waals surface area contributed by atoms with Crippen LogP contribution in [0, 0.1) is 0 Å². The van der Waals surface area contributed by atoms with Gasteiger partial charge < -0.3 is 53.5 Å². The highest BCUT2D eigenvalue weighted by atomic mass is 31.2. The molecule has 2 rings (SSSR count). The summed E-state index contributed by atoms with van der Waals surface area (Å²) in [6.45, 7) is 12.7. The molecule has 0 aliphatic carbocycles. The fraction of sp³-hybridized carbons (Fsp3) is 0.937. The summed E-state index contributed by atoms with van der Waals surface area (Å²) < 4.78 is 56.7. The first-order valence-corrected chi connectivity index (χ1v) is 50.5. The third-order valence-electron chi connectivity index (χ3n) is 23.8. The number of hydrogen-bond acceptors (Lipinski definition) is 15. The van der Waals surface area contributed by atoms with Crippen LogP contribution in [0.15, 0.2) is 0 Å². The van der Waals surface area contributed by atoms with Crippen LogP contribution in [0.25, 0.3) is 0 Å². The minimum atomic E-state index is -5.49. The predicted molar refractivity (Wildman–Crippen MR) is 467 cm³/mol. The van der Waals surface area contributed by atoms with Crippen molar-refractivity contribution in [1.29, 1.82) is 0 Å². The van der Waals surface area contributed by atoms with Crippen LogP contribution in [0.2, 0.25) is 0 Å². The lowest BCUT2D eigenvalue weighted by Gasteiger charge is -2.45. The molecule has 0 spiro atoms. The first-order valence-electron chi connectivity index (χ1n) is 49.0. The van der Waals surface area contributed by atoms with Crippen LogP contribution < -0.4 is 5.32 Å². The zero-order chi connectivity index (χ0) is 83.7. The summed E-state index contributed by atoms with van der Waals surface area (Å²) >= 11 is 0. The maximum Gasteiger partial charge on any atom is 0.470 e. The van der Waals surface area contributed by atoms with E-state index >= 15 is 4.79 Å². The fourth-order valence-corrected chi connectivity index (χ4v) is 17.2. The van der Waals surface area contributed by atoms with Gasteiger partial charge in [0.05, 0.1) is 38.5 Å². The number of amides is 2. The Balaban J connectivity index is 2.60. The van der Waals surface area contributed by atoms with E-state index in [1.165, 1.54) is 218 Å². The van der Waals surface area contributed by atoms with E-state index in [4.69, 9.17) is 32.9 Å². The normalized spacial score (nSPS) is 17.9. The van der Waals surface area contributed by atoms with Gasteiger partial charge in [0.1, 0.15) is 36.6 Å². The fourth-order valence-electron chi connectivity index (χ4n) is 16.7. The lowest BCUT2D eigenvalue weighted by Crippen LogP contribution is -2.66. The molecule has 0 aromatic rings. The van der Waals surface area contributed by atoms with Crippen LogP contribution in [-0.2, 0) is 66.3 Å². The van der Waals surface area contributed by atoms with Gasteiger partial charge in [0.2, 0.25) is 11.8 Å². The van der Waals surface area contributed by atoms with Crippen molar-refractivity contribution in [3.8, 4) is 0 Å². The van der Waals surface area contributed by atoms with E-state index in [0.717, 1.165) is 141 Å². The Labute approximate surface area is 703 Å². The Hall–Kier alpha value is -3.19. The molecule has 2 aliphatic rings. The second-order valence-electron chi connectivity index (χ2n) is 34.7. The zero-order valence-corrected chi connectivity index (χ0v) is 75.9. The van der Waals surface area contributed by atoms with E-state index in [-0.39, 0.29) is 44.2 Å². The summed E-state index contributed by atoms with van der Waals surface area (Å²) in [5, 5.41) is 14.1. The molecule has 9 atom stereocenters. The summed E-state index contributed by atoms with van der Waals surface area (Å²) in [5.74, 6) is -2.89. The summed E-state index contributed by atoms with van der Waals surface area (Å²) in [6.07, 6.45) is 59.7. The second kappa shape index (κ2) is 75.8. The van der Waals surface area contributed by atoms with E-state index in [0.29, 0.717) is 70.8 Å². The molecule has 2 aliphatic heterocycles. The van der Waals surface area contributed by atoms with Gasteiger partial charge in [-0.1, -0.05) is 388 Å². The minimum Gasteiger partial charge on any atom is -0.462 e. The van der Waals surface area contributed by atoms with Crippen LogP contribution in [0.1, 0.15) is 497 Å². The maximum atomic E-state index is 15.1. The van der Waals surface area contributed by atoms with Gasteiger partial charge in [-0.25, -0.2) is 4.57 Å². The highest BCUT2D eigenvalue weighted by molar-refractivity contribution is 7.46. The van der Waals surface area contributed by atoms with Crippen LogP contribution >= 0.6 is 7.82 Å². The van der Waals surface area contributed by atoms with E-state index in [2.05, 4.69) is 46.9 Å². The van der Waals surface area contributed by atoms with Crippen molar-refractivity contribution in [3.63, 3.8) is 0 Å². The molecule has 2 heterocycles. The SMILES string of the molecule is CCCCCCCCCCCCCC(=O)O[C@H](CCCCCCCCCCC)CC(=O)N[C@H]1C(OC(=O)C[C@@H](CCCCCCCCCCC)OC(=O)CCCCCCCCCCCCC)[C@H](OP(=O)(O)O)C(CO)O[C@H]1OC[C@@H]1CCCN1C(=O)C[C@@H](CCCCCCCCCCC)OC(=O)CCCCCCCCCCCCC. The monoisotopic (exact) mass is 1650 g/mol. The number of phosphoric ester groups is 1. The van der Waals surface area contributed by atoms with Crippen molar-refractivity contribution < 1.29 is 81.2 Å². The van der Waals surface area contributed by atoms with Gasteiger partial charge in [0.25, 0.3) is 0 Å². The van der Waals surface area contributed by atoms with Gasteiger partial charge in [0.15, 0.2) is 12.4 Å². The molecule has 2 unspecified atom stereocenters. The lowest BCUT2D eigenvalue weighted by molar-refractivity contribution is -0.273. The molecule has 4 N–H and O–H groups in total. The number of ether oxygens (including phenoxy) is 6. The van der Waals surface area contributed by atoms with Gasteiger partial charge >= 0.3 is 31.7 Å². The molecule has 676 valence electrons. The minimum absolute atomic E-state index is 0.0129. The predicted octanol–water partition coefficient (Wildman–Crippen LogP) is 25.4. The number of likely N-dealkylation sites (tertiary alicyclic amines) is 1. The number of aliphatic hydroxyl groups excluding tert-OH is 1. The summed E-state index contributed by atoms with van der Waals surface area (Å²) in [7, 11) is -5.49. The number of carbonyl (C=O) groups is 6. The molecule has 0 radical (unpaired) electrons. The summed E-state index contributed by atoms with van der Waals surface area (Å²) in [4.78, 5) is 109. The van der Waals surface area contributed by atoms with Gasteiger partial charge in [-0.2, -0.15) is 0 Å². The first-order chi connectivity index (χ1) is 56.0. The number of phosphoric acid groups is 1. The van der Waals surface area contributed by atoms with E-state index in [1.807, 2.05) is 0 Å². The average molecular weight is 1650 g/mol. The van der Waals surface area contributed by atoms with Crippen molar-refractivity contribution in [3.05, 3.63) is 0 Å². The third kappa shape index (κ3) is 60.9. The van der Waals surface area contributed by atoms with E-state index < -0.39 is 99.7 Å². The molecule has 0 aromatic heterocycles. The van der Waals surface area contributed by atoms with Gasteiger partial charge in [-0.05, 0) is 70.6 Å². The highest BCUT2D eigenvalue weighted by Gasteiger charge is 2.53. The van der Waals surface area contributed by atoms with Gasteiger partial charge in [-0.3, -0.25) is 33.3 Å². The van der Waals surface area contributed by atoms with Crippen LogP contribution in [0.4, 0.5) is 0 Å². The molecule has 20 heteroatoms. The van der Waals surface area contributed by atoms with Crippen molar-refractivity contribution in [2.75, 3.05) is 19.8 Å². The van der Waals surface area contributed by atoms with E-state index in [1.54, 1.807) is 4.90 Å². The topological polar surface area (TPSA) is 260 Å². The van der Waals surface area contributed by atoms with Gasteiger partial charge in [0, 0.05) is 25.8 Å². The number of nitrogens with zero attached hydrogens (tertiary/aromatic N) is 1. The second-order valence-corrected chi connectivity index (χ2v) is 35.9. The van der Waals surface area contributed by atoms with Crippen LogP contribution in [-0.4, -0.2) is 130 Å². The van der Waals surface area contributed by atoms with Crippen LogP contribution in [0.5, 0.6) is 0 Å². The summed E-state index contributed by atoms with van der Waals surface area (Å²) in [5.41, 5.74) is 0. The Bertz CT molecular complexity index is 2360. The highest BCUT2D eigenvalue weighted by Crippen LogP contribution is 2.43. The Kier molecular flexibility index (Phi) is 71.1. The molecule has 0 bridgehead atoms. The van der Waals surface area contributed by atoms with Crippen molar-refractivity contribution in [2.45, 2.75) is 552 Å². The standard InChI is InChI=1S/C95H179N2O17P/c1-7-13-19-25-31-37-40-46-52-58-64-72-88(101)109-82(69-61-55-49-43-34-28-22-16-10-4)76-86(99)96-92-94(113-91(104)78-84(71-63-57-51-45-36-30-24-18-12-6)111-90(103)74-66-60-54-48-42-39-33-27-21-15-9-3)93(114-115(105,106)107)85(79-98)112-95(92)108-80-81-68-67-75-97(81)87(100)77-83(70-62-56-50-44-35-29-23-17-11-5)110-89(102)73-65-59-53-47-41-38-32-26-20-14-8-2/h81-85,92-95,98H,7-80H2,1-6H3,(H,96,99)(H2,105,106,107)/t81-,82+,83+,84+,85?,92-,93+,94?,95+/m0/s1. The molecule has 0 aromatic carbocycles. The Morgan fingerprint density at radius 3 is 1.00 bits per heavy atom. The molecule has 2 fully saturated rings. The molecule has 2 saturated heterocycles. The average Bonchev–Trinajstić information content (AvgIpc) is 1.12. The van der Waals surface area contributed by atoms with Crippen molar-refractivity contribution >= 4 is 43.5 Å². The largest absolute Gasteiger partial charge is 0.470 e. The van der Waals surface area contributed by atoms with Crippen molar-refractivity contribution in [1.82, 2.24) is 10.2 Å². The lowest BCUT2D eigenvalue weighted by atomic mass is 9.95. The number of hydrogen-bond donors (Lipinski definition) is 4. The molecule has 2 amide bonds. The molecule has 115 heavy (non-hydrogen) atoms. The van der Waals surface area contributed by atoms with E-state index in [9.17, 15) is 43.4 Å². The molecule has 0 saturated carbocycles. The quantitative estimate of drug-likeness (QED) is 0.0191. The smallest absolute Gasteiger partial charge is 0.462 e. The van der Waals surface area contributed by atoms with Crippen LogP contribution in [0.3, 0.4) is 0 Å². The number of nitrogens with one attached hydrogen (secondary N) is 1. The number of carbonyl (C=O) groups excluding carboxylic acids is 6. The number of aliphatic hydroxyl groups is 1. The third-order valence-corrected chi connectivity index (χ3v) is 24.3. The molecule has 19 nitrogen and oxygen atoms in total. The molecular formula is C95H179N2O17P. The Morgan fingerprint density at radius 1 is 0.391 bits per heavy atom. The van der Waals surface area contributed by atoms with Crippen molar-refractivity contribution in [2.24, 2.45) is 0 Å². The number of rotatable bonds is 83. The Morgan fingerprint density at radius 2 is 0.687 bits per heavy atom. The summed E-state index contributed by atoms with van der Waals surface area (Å²) in [6, 6.07) is -2.10. The number of esters is 4. The molecular weight excluding hydrogens is 1470 g/mol. The first kappa shape index (κ1) is 108.